The molecule has 0 saturated carbocycles. The normalized spacial score (nSPS) is 18.1. The van der Waals surface area contributed by atoms with E-state index in [1.54, 1.807) is 24.3 Å². The SMILES string of the molecule is CS(=O)(=O)N1c2ccccc2NC(=O)CC1c1ccc(F)cc1. The van der Waals surface area contributed by atoms with Gasteiger partial charge in [0.05, 0.1) is 30.1 Å². The van der Waals surface area contributed by atoms with E-state index < -0.39 is 21.9 Å². The maximum atomic E-state index is 13.2. The first-order valence-corrected chi connectivity index (χ1v) is 8.85. The van der Waals surface area contributed by atoms with E-state index in [9.17, 15) is 17.6 Å². The molecule has 0 spiro atoms. The van der Waals surface area contributed by atoms with Crippen LogP contribution in [-0.2, 0) is 14.8 Å². The molecule has 120 valence electrons. The molecule has 1 amide bonds. The van der Waals surface area contributed by atoms with Crippen molar-refractivity contribution in [3.8, 4) is 0 Å². The van der Waals surface area contributed by atoms with E-state index in [-0.39, 0.29) is 12.3 Å². The number of hydrogen-bond acceptors (Lipinski definition) is 3. The molecule has 7 heteroatoms. The Hall–Kier alpha value is -2.41. The first-order chi connectivity index (χ1) is 10.9. The molecule has 5 nitrogen and oxygen atoms in total. The monoisotopic (exact) mass is 334 g/mol. The van der Waals surface area contributed by atoms with Crippen molar-refractivity contribution in [1.29, 1.82) is 0 Å². The highest BCUT2D eigenvalue weighted by Crippen LogP contribution is 2.39. The van der Waals surface area contributed by atoms with E-state index in [0.717, 1.165) is 6.26 Å². The summed E-state index contributed by atoms with van der Waals surface area (Å²) >= 11 is 0. The van der Waals surface area contributed by atoms with Gasteiger partial charge in [0.25, 0.3) is 0 Å². The predicted octanol–water partition coefficient (Wildman–Crippen LogP) is 2.68. The average Bonchev–Trinajstić information content (AvgIpc) is 2.63. The van der Waals surface area contributed by atoms with Crippen LogP contribution in [0.4, 0.5) is 15.8 Å². The third kappa shape index (κ3) is 3.05. The number of rotatable bonds is 2. The fourth-order valence-electron chi connectivity index (χ4n) is 2.75. The van der Waals surface area contributed by atoms with Crippen LogP contribution in [-0.4, -0.2) is 20.6 Å². The largest absolute Gasteiger partial charge is 0.324 e. The highest BCUT2D eigenvalue weighted by molar-refractivity contribution is 7.92. The summed E-state index contributed by atoms with van der Waals surface area (Å²) in [6.07, 6.45) is 1.05. The van der Waals surface area contributed by atoms with Crippen LogP contribution in [0, 0.1) is 5.82 Å². The molecule has 0 saturated heterocycles. The molecule has 23 heavy (non-hydrogen) atoms. The van der Waals surface area contributed by atoms with Gasteiger partial charge in [-0.2, -0.15) is 0 Å². The van der Waals surface area contributed by atoms with Gasteiger partial charge >= 0.3 is 0 Å². The first kappa shape index (κ1) is 15.5. The molecule has 0 radical (unpaired) electrons. The third-order valence-electron chi connectivity index (χ3n) is 3.69. The van der Waals surface area contributed by atoms with Crippen molar-refractivity contribution < 1.29 is 17.6 Å². The Morgan fingerprint density at radius 1 is 1.13 bits per heavy atom. The Balaban J connectivity index is 2.20. The van der Waals surface area contributed by atoms with Crippen LogP contribution in [0.3, 0.4) is 0 Å². The summed E-state index contributed by atoms with van der Waals surface area (Å²) < 4.78 is 39.1. The van der Waals surface area contributed by atoms with Crippen molar-refractivity contribution in [3.05, 3.63) is 59.9 Å². The molecule has 0 bridgehead atoms. The number of halogens is 1. The Bertz CT molecular complexity index is 850. The van der Waals surface area contributed by atoms with Crippen molar-refractivity contribution in [2.45, 2.75) is 12.5 Å². The first-order valence-electron chi connectivity index (χ1n) is 7.00. The predicted molar refractivity (Wildman–Crippen MR) is 86.2 cm³/mol. The molecule has 2 aromatic rings. The maximum absolute atomic E-state index is 13.2. The number of nitrogens with zero attached hydrogens (tertiary/aromatic N) is 1. The van der Waals surface area contributed by atoms with Gasteiger partial charge in [-0.05, 0) is 29.8 Å². The van der Waals surface area contributed by atoms with E-state index in [0.29, 0.717) is 16.9 Å². The summed E-state index contributed by atoms with van der Waals surface area (Å²) in [7, 11) is -3.65. The number of para-hydroxylation sites is 2. The lowest BCUT2D eigenvalue weighted by atomic mass is 10.0. The van der Waals surface area contributed by atoms with Crippen LogP contribution in [0.2, 0.25) is 0 Å². The van der Waals surface area contributed by atoms with Gasteiger partial charge in [0.1, 0.15) is 5.82 Å². The molecule has 2 aromatic carbocycles. The van der Waals surface area contributed by atoms with Gasteiger partial charge in [0.15, 0.2) is 0 Å². The summed E-state index contributed by atoms with van der Waals surface area (Å²) in [6, 6.07) is 11.5. The molecule has 1 N–H and O–H groups in total. The second-order valence-corrected chi connectivity index (χ2v) is 7.26. The van der Waals surface area contributed by atoms with Gasteiger partial charge in [-0.15, -0.1) is 0 Å². The van der Waals surface area contributed by atoms with Crippen molar-refractivity contribution in [3.63, 3.8) is 0 Å². The second-order valence-electron chi connectivity index (χ2n) is 5.40. The van der Waals surface area contributed by atoms with Crippen molar-refractivity contribution >= 4 is 27.3 Å². The number of anilines is 2. The van der Waals surface area contributed by atoms with Gasteiger partial charge in [-0.1, -0.05) is 24.3 Å². The van der Waals surface area contributed by atoms with E-state index in [1.165, 1.54) is 28.6 Å². The number of sulfonamides is 1. The Morgan fingerprint density at radius 2 is 1.78 bits per heavy atom. The molecule has 0 fully saturated rings. The summed E-state index contributed by atoms with van der Waals surface area (Å²) in [5.74, 6) is -0.712. The highest BCUT2D eigenvalue weighted by atomic mass is 32.2. The summed E-state index contributed by atoms with van der Waals surface area (Å²) in [5.41, 5.74) is 1.39. The topological polar surface area (TPSA) is 66.5 Å². The smallest absolute Gasteiger partial charge is 0.232 e. The second kappa shape index (κ2) is 5.66. The number of benzene rings is 2. The molecular weight excluding hydrogens is 319 g/mol. The van der Waals surface area contributed by atoms with Crippen molar-refractivity contribution in [1.82, 2.24) is 0 Å². The van der Waals surface area contributed by atoms with Gasteiger partial charge < -0.3 is 5.32 Å². The van der Waals surface area contributed by atoms with Gasteiger partial charge in [0.2, 0.25) is 15.9 Å². The summed E-state index contributed by atoms with van der Waals surface area (Å²) in [4.78, 5) is 12.2. The average molecular weight is 334 g/mol. The quantitative estimate of drug-likeness (QED) is 0.918. The van der Waals surface area contributed by atoms with E-state index in [1.807, 2.05) is 0 Å². The lowest BCUT2D eigenvalue weighted by molar-refractivity contribution is -0.116. The number of hydrogen-bond donors (Lipinski definition) is 1. The van der Waals surface area contributed by atoms with Crippen molar-refractivity contribution in [2.75, 3.05) is 15.9 Å². The van der Waals surface area contributed by atoms with E-state index >= 15 is 0 Å². The number of fused-ring (bicyclic) bond motifs is 1. The molecule has 1 unspecified atom stereocenters. The minimum atomic E-state index is -3.65. The summed E-state index contributed by atoms with van der Waals surface area (Å²) in [5, 5.41) is 2.72. The Morgan fingerprint density at radius 3 is 2.43 bits per heavy atom. The highest BCUT2D eigenvalue weighted by Gasteiger charge is 2.34. The number of nitrogens with one attached hydrogen (secondary N) is 1. The molecular formula is C16H15FN2O3S. The maximum Gasteiger partial charge on any atom is 0.232 e. The number of carbonyl (C=O) groups is 1. The zero-order valence-electron chi connectivity index (χ0n) is 12.4. The van der Waals surface area contributed by atoms with Crippen LogP contribution >= 0.6 is 0 Å². The lowest BCUT2D eigenvalue weighted by Crippen LogP contribution is -2.34. The zero-order valence-corrected chi connectivity index (χ0v) is 13.2. The van der Waals surface area contributed by atoms with E-state index in [4.69, 9.17) is 0 Å². The fraction of sp³-hybridized carbons (Fsp3) is 0.188. The standard InChI is InChI=1S/C16H15FN2O3S/c1-23(21,22)19-14-5-3-2-4-13(14)18-16(20)10-15(19)11-6-8-12(17)9-7-11/h2-9,15H,10H2,1H3,(H,18,20). The Labute approximate surface area is 133 Å². The molecule has 0 aliphatic carbocycles. The minimum absolute atomic E-state index is 0.0482. The van der Waals surface area contributed by atoms with E-state index in [2.05, 4.69) is 5.32 Å². The number of carbonyl (C=O) groups excluding carboxylic acids is 1. The fourth-order valence-corrected chi connectivity index (χ4v) is 3.92. The minimum Gasteiger partial charge on any atom is -0.324 e. The van der Waals surface area contributed by atoms with Crippen LogP contribution in [0.5, 0.6) is 0 Å². The Kier molecular flexibility index (Phi) is 3.81. The summed E-state index contributed by atoms with van der Waals surface area (Å²) in [6.45, 7) is 0. The van der Waals surface area contributed by atoms with Gasteiger partial charge in [0, 0.05) is 0 Å². The van der Waals surface area contributed by atoms with Gasteiger partial charge in [-0.25, -0.2) is 12.8 Å². The lowest BCUT2D eigenvalue weighted by Gasteiger charge is -2.30. The molecule has 1 aliphatic heterocycles. The zero-order chi connectivity index (χ0) is 16.6. The molecule has 1 heterocycles. The molecule has 3 rings (SSSR count). The van der Waals surface area contributed by atoms with Crippen molar-refractivity contribution in [2.24, 2.45) is 0 Å². The van der Waals surface area contributed by atoms with Gasteiger partial charge in [-0.3, -0.25) is 9.10 Å². The molecule has 1 atom stereocenters. The van der Waals surface area contributed by atoms with Crippen LogP contribution in [0.15, 0.2) is 48.5 Å². The number of amides is 1. The third-order valence-corrected chi connectivity index (χ3v) is 4.86. The molecule has 1 aliphatic rings. The molecule has 0 aromatic heterocycles. The van der Waals surface area contributed by atoms with Crippen LogP contribution < -0.4 is 9.62 Å². The van der Waals surface area contributed by atoms with Crippen LogP contribution in [0.25, 0.3) is 0 Å². The van der Waals surface area contributed by atoms with Crippen LogP contribution in [0.1, 0.15) is 18.0 Å².